The zero-order valence-corrected chi connectivity index (χ0v) is 10.8. The molecule has 0 aliphatic heterocycles. The fourth-order valence-electron chi connectivity index (χ4n) is 2.68. The molecule has 2 N–H and O–H groups in total. The molecule has 1 aromatic heterocycles. The smallest absolute Gasteiger partial charge is 0.258 e. The maximum atomic E-state index is 14.0. The number of aromatic nitrogens is 2. The van der Waals surface area contributed by atoms with E-state index in [1.807, 2.05) is 0 Å². The van der Waals surface area contributed by atoms with Crippen molar-refractivity contribution in [3.8, 4) is 0 Å². The van der Waals surface area contributed by atoms with Gasteiger partial charge in [0.05, 0.1) is 16.6 Å². The Morgan fingerprint density at radius 1 is 1.37 bits per heavy atom. The van der Waals surface area contributed by atoms with Crippen molar-refractivity contribution < 1.29 is 4.39 Å². The number of hydrogen-bond donors (Lipinski definition) is 2. The van der Waals surface area contributed by atoms with Crippen LogP contribution in [0.25, 0.3) is 10.9 Å². The third-order valence-electron chi connectivity index (χ3n) is 3.63. The van der Waals surface area contributed by atoms with Crippen molar-refractivity contribution in [2.24, 2.45) is 0 Å². The van der Waals surface area contributed by atoms with E-state index in [2.05, 4.69) is 15.3 Å². The molecular formula is C14H16FN3O. The minimum absolute atomic E-state index is 0.225. The molecule has 19 heavy (non-hydrogen) atoms. The number of halogens is 1. The van der Waals surface area contributed by atoms with Gasteiger partial charge in [-0.15, -0.1) is 0 Å². The maximum Gasteiger partial charge on any atom is 0.258 e. The highest BCUT2D eigenvalue weighted by atomic mass is 19.1. The number of benzene rings is 1. The van der Waals surface area contributed by atoms with E-state index in [1.165, 1.54) is 18.9 Å². The second-order valence-electron chi connectivity index (χ2n) is 5.13. The van der Waals surface area contributed by atoms with Crippen molar-refractivity contribution in [2.45, 2.75) is 38.6 Å². The van der Waals surface area contributed by atoms with E-state index in [0.29, 0.717) is 28.5 Å². The highest BCUT2D eigenvalue weighted by molar-refractivity contribution is 5.81. The first-order valence-corrected chi connectivity index (χ1v) is 6.60. The number of nitrogens with zero attached hydrogens (tertiary/aromatic N) is 1. The monoisotopic (exact) mass is 261 g/mol. The molecule has 0 saturated heterocycles. The van der Waals surface area contributed by atoms with Gasteiger partial charge in [-0.3, -0.25) is 4.79 Å². The Kier molecular flexibility index (Phi) is 2.97. The van der Waals surface area contributed by atoms with Crippen LogP contribution in [0.2, 0.25) is 0 Å². The van der Waals surface area contributed by atoms with Gasteiger partial charge < -0.3 is 10.3 Å². The van der Waals surface area contributed by atoms with Gasteiger partial charge in [0.2, 0.25) is 0 Å². The Labute approximate surface area is 110 Å². The summed E-state index contributed by atoms with van der Waals surface area (Å²) in [6.45, 7) is 1.68. The number of fused-ring (bicyclic) bond motifs is 1. The maximum absolute atomic E-state index is 14.0. The third kappa shape index (κ3) is 2.32. The summed E-state index contributed by atoms with van der Waals surface area (Å²) in [6.07, 6.45) is 4.46. The lowest BCUT2D eigenvalue weighted by Crippen LogP contribution is -2.17. The van der Waals surface area contributed by atoms with Gasteiger partial charge in [-0.05, 0) is 25.8 Å². The quantitative estimate of drug-likeness (QED) is 0.874. The van der Waals surface area contributed by atoms with E-state index in [1.54, 1.807) is 13.0 Å². The summed E-state index contributed by atoms with van der Waals surface area (Å²) < 4.78 is 14.0. The minimum atomic E-state index is -0.350. The van der Waals surface area contributed by atoms with Gasteiger partial charge in [0, 0.05) is 12.1 Å². The van der Waals surface area contributed by atoms with Crippen LogP contribution in [0.5, 0.6) is 0 Å². The summed E-state index contributed by atoms with van der Waals surface area (Å²) in [6, 6.07) is 3.20. The summed E-state index contributed by atoms with van der Waals surface area (Å²) >= 11 is 0. The topological polar surface area (TPSA) is 57.8 Å². The average molecular weight is 261 g/mol. The van der Waals surface area contributed by atoms with Crippen LogP contribution in [0.1, 0.15) is 31.5 Å². The van der Waals surface area contributed by atoms with Gasteiger partial charge in [-0.1, -0.05) is 12.8 Å². The van der Waals surface area contributed by atoms with Crippen molar-refractivity contribution >= 4 is 16.6 Å². The second kappa shape index (κ2) is 4.64. The number of nitrogens with one attached hydrogen (secondary N) is 2. The molecule has 3 rings (SSSR count). The summed E-state index contributed by atoms with van der Waals surface area (Å²) in [4.78, 5) is 18.6. The first-order chi connectivity index (χ1) is 9.13. The number of H-pyrrole nitrogens is 1. The third-order valence-corrected chi connectivity index (χ3v) is 3.63. The van der Waals surface area contributed by atoms with E-state index in [9.17, 15) is 9.18 Å². The van der Waals surface area contributed by atoms with Crippen molar-refractivity contribution in [3.05, 3.63) is 34.1 Å². The number of aromatic amines is 1. The first kappa shape index (κ1) is 12.1. The SMILES string of the molecule is Cc1nc2cc(F)c(NC3CCCC3)cc2c(=O)[nH]1. The molecule has 2 aromatic rings. The van der Waals surface area contributed by atoms with Gasteiger partial charge in [0.1, 0.15) is 11.6 Å². The number of hydrogen-bond acceptors (Lipinski definition) is 3. The molecule has 0 unspecified atom stereocenters. The van der Waals surface area contributed by atoms with Crippen LogP contribution in [0, 0.1) is 12.7 Å². The molecule has 100 valence electrons. The molecule has 1 aliphatic rings. The van der Waals surface area contributed by atoms with Crippen LogP contribution < -0.4 is 10.9 Å². The van der Waals surface area contributed by atoms with Gasteiger partial charge in [-0.25, -0.2) is 9.37 Å². The van der Waals surface area contributed by atoms with Gasteiger partial charge in [0.15, 0.2) is 0 Å². The fraction of sp³-hybridized carbons (Fsp3) is 0.429. The summed E-state index contributed by atoms with van der Waals surface area (Å²) in [5, 5.41) is 3.61. The number of anilines is 1. The highest BCUT2D eigenvalue weighted by Gasteiger charge is 2.17. The normalized spacial score (nSPS) is 16.1. The van der Waals surface area contributed by atoms with E-state index >= 15 is 0 Å². The molecule has 0 radical (unpaired) electrons. The number of rotatable bonds is 2. The summed E-state index contributed by atoms with van der Waals surface area (Å²) in [5.74, 6) is 0.144. The van der Waals surface area contributed by atoms with Crippen molar-refractivity contribution in [3.63, 3.8) is 0 Å². The van der Waals surface area contributed by atoms with E-state index < -0.39 is 0 Å². The highest BCUT2D eigenvalue weighted by Crippen LogP contribution is 2.25. The predicted molar refractivity (Wildman–Crippen MR) is 72.9 cm³/mol. The van der Waals surface area contributed by atoms with Crippen LogP contribution in [0.4, 0.5) is 10.1 Å². The number of aryl methyl sites for hydroxylation is 1. The molecule has 1 aromatic carbocycles. The van der Waals surface area contributed by atoms with Crippen LogP contribution >= 0.6 is 0 Å². The Morgan fingerprint density at radius 3 is 2.84 bits per heavy atom. The Balaban J connectivity index is 2.05. The summed E-state index contributed by atoms with van der Waals surface area (Å²) in [5.41, 5.74) is 0.572. The van der Waals surface area contributed by atoms with Crippen molar-refractivity contribution in [2.75, 3.05) is 5.32 Å². The minimum Gasteiger partial charge on any atom is -0.380 e. The Morgan fingerprint density at radius 2 is 2.11 bits per heavy atom. The van der Waals surface area contributed by atoms with Crippen molar-refractivity contribution in [1.82, 2.24) is 9.97 Å². The predicted octanol–water partition coefficient (Wildman–Crippen LogP) is 2.73. The zero-order chi connectivity index (χ0) is 13.4. The molecule has 1 aliphatic carbocycles. The van der Waals surface area contributed by atoms with E-state index in [-0.39, 0.29) is 11.4 Å². The van der Waals surface area contributed by atoms with E-state index in [0.717, 1.165) is 12.8 Å². The fourth-order valence-corrected chi connectivity index (χ4v) is 2.68. The lowest BCUT2D eigenvalue weighted by molar-refractivity contribution is 0.625. The molecular weight excluding hydrogens is 245 g/mol. The standard InChI is InChI=1S/C14H16FN3O/c1-8-16-12-7-11(15)13(6-10(12)14(19)17-8)18-9-4-2-3-5-9/h6-7,9,18H,2-5H2,1H3,(H,16,17,19). The van der Waals surface area contributed by atoms with Gasteiger partial charge in [0.25, 0.3) is 5.56 Å². The van der Waals surface area contributed by atoms with Crippen LogP contribution in [-0.2, 0) is 0 Å². The largest absolute Gasteiger partial charge is 0.380 e. The molecule has 5 heteroatoms. The second-order valence-corrected chi connectivity index (χ2v) is 5.13. The van der Waals surface area contributed by atoms with Gasteiger partial charge in [-0.2, -0.15) is 0 Å². The lowest BCUT2D eigenvalue weighted by atomic mass is 10.1. The molecule has 1 saturated carbocycles. The molecule has 0 bridgehead atoms. The molecule has 1 heterocycles. The zero-order valence-electron chi connectivity index (χ0n) is 10.8. The summed E-state index contributed by atoms with van der Waals surface area (Å²) in [7, 11) is 0. The molecule has 4 nitrogen and oxygen atoms in total. The lowest BCUT2D eigenvalue weighted by Gasteiger charge is -2.14. The molecule has 0 spiro atoms. The van der Waals surface area contributed by atoms with Crippen molar-refractivity contribution in [1.29, 1.82) is 0 Å². The van der Waals surface area contributed by atoms with E-state index in [4.69, 9.17) is 0 Å². The van der Waals surface area contributed by atoms with Crippen LogP contribution in [-0.4, -0.2) is 16.0 Å². The Hall–Kier alpha value is -1.91. The Bertz CT molecular complexity index is 674. The van der Waals surface area contributed by atoms with Crippen LogP contribution in [0.15, 0.2) is 16.9 Å². The molecule has 0 amide bonds. The average Bonchev–Trinajstić information content (AvgIpc) is 2.83. The van der Waals surface area contributed by atoms with Gasteiger partial charge >= 0.3 is 0 Å². The first-order valence-electron chi connectivity index (χ1n) is 6.60. The van der Waals surface area contributed by atoms with Crippen LogP contribution in [0.3, 0.4) is 0 Å². The molecule has 1 fully saturated rings. The molecule has 0 atom stereocenters.